The van der Waals surface area contributed by atoms with E-state index in [2.05, 4.69) is 50.6 Å². The number of esters is 1. The van der Waals surface area contributed by atoms with Crippen molar-refractivity contribution in [1.29, 1.82) is 0 Å². The van der Waals surface area contributed by atoms with Crippen LogP contribution in [0, 0.1) is 31.6 Å². The number of ether oxygens (including phenoxy) is 2. The van der Waals surface area contributed by atoms with E-state index in [9.17, 15) is 19.2 Å². The van der Waals surface area contributed by atoms with Crippen molar-refractivity contribution >= 4 is 52.5 Å². The number of ketones is 2. The molecule has 61 heavy (non-hydrogen) atoms. The highest BCUT2D eigenvalue weighted by atomic mass is 35.5. The predicted molar refractivity (Wildman–Crippen MR) is 236 cm³/mol. The summed E-state index contributed by atoms with van der Waals surface area (Å²) in [6.07, 6.45) is 11.2. The molecule has 0 saturated carbocycles. The van der Waals surface area contributed by atoms with Crippen molar-refractivity contribution in [2.45, 2.75) is 112 Å². The summed E-state index contributed by atoms with van der Waals surface area (Å²) in [6, 6.07) is 16.5. The van der Waals surface area contributed by atoms with Crippen LogP contribution in [0.3, 0.4) is 0 Å². The van der Waals surface area contributed by atoms with Crippen molar-refractivity contribution in [3.63, 3.8) is 0 Å². The summed E-state index contributed by atoms with van der Waals surface area (Å²) in [5, 5.41) is 3.67. The molecule has 3 heterocycles. The minimum atomic E-state index is -0.604. The maximum Gasteiger partial charge on any atom is 0.407 e. The molecule has 8 rings (SSSR count). The van der Waals surface area contributed by atoms with Gasteiger partial charge in [0.25, 0.3) is 5.82 Å². The number of nitrogens with one attached hydrogen (secondary N) is 1. The van der Waals surface area contributed by atoms with E-state index in [1.54, 1.807) is 27.0 Å². The van der Waals surface area contributed by atoms with Gasteiger partial charge < -0.3 is 23.9 Å². The maximum atomic E-state index is 13.5. The van der Waals surface area contributed by atoms with Crippen LogP contribution in [0.2, 0.25) is 0 Å². The number of fused-ring (bicyclic) bond motifs is 5. The van der Waals surface area contributed by atoms with Crippen molar-refractivity contribution in [3.8, 4) is 0 Å². The van der Waals surface area contributed by atoms with Gasteiger partial charge in [-0.2, -0.15) is 4.57 Å². The van der Waals surface area contributed by atoms with Gasteiger partial charge in [0.15, 0.2) is 11.6 Å². The normalized spacial score (nSPS) is 18.7. The molecule has 2 aromatic carbocycles. The first-order chi connectivity index (χ1) is 28.7. The van der Waals surface area contributed by atoms with Crippen molar-refractivity contribution in [2.24, 2.45) is 24.8 Å². The van der Waals surface area contributed by atoms with Gasteiger partial charge in [0, 0.05) is 79.0 Å². The third-order valence-electron chi connectivity index (χ3n) is 12.6. The molecule has 13 heteroatoms. The number of allylic oxidation sites excluding steroid dienone is 2. The Balaban J connectivity index is 0.000000229. The Morgan fingerprint density at radius 3 is 2.36 bits per heavy atom. The number of halogens is 1. The average molecular weight is 852 g/mol. The Kier molecular flexibility index (Phi) is 13.8. The van der Waals surface area contributed by atoms with Crippen LogP contribution in [0.25, 0.3) is 16.5 Å². The zero-order valence-electron chi connectivity index (χ0n) is 36.7. The number of hydrogen-bond donors (Lipinski definition) is 1. The van der Waals surface area contributed by atoms with Gasteiger partial charge in [0.05, 0.1) is 11.8 Å². The fourth-order valence-corrected chi connectivity index (χ4v) is 9.09. The molecule has 4 unspecified atom stereocenters. The molecule has 0 spiro atoms. The first-order valence-corrected chi connectivity index (χ1v) is 21.3. The largest absolute Gasteiger partial charge is 0.444 e. The summed E-state index contributed by atoms with van der Waals surface area (Å²) in [5.74, 6) is 1.90. The van der Waals surface area contributed by atoms with E-state index in [0.717, 1.165) is 71.6 Å². The van der Waals surface area contributed by atoms with Gasteiger partial charge in [-0.1, -0.05) is 61.9 Å². The van der Waals surface area contributed by atoms with Gasteiger partial charge in [-0.3, -0.25) is 14.4 Å². The van der Waals surface area contributed by atoms with E-state index in [1.165, 1.54) is 16.7 Å². The number of imidazole rings is 2. The van der Waals surface area contributed by atoms with Gasteiger partial charge in [0.2, 0.25) is 6.73 Å². The highest BCUT2D eigenvalue weighted by Crippen LogP contribution is 2.48. The second-order valence-corrected chi connectivity index (χ2v) is 17.5. The number of hydrogen-bond acceptors (Lipinski definition) is 7. The maximum absolute atomic E-state index is 13.5. The molecule has 12 nitrogen and oxygen atoms in total. The van der Waals surface area contributed by atoms with Gasteiger partial charge in [-0.15, -0.1) is 12.4 Å². The Morgan fingerprint density at radius 1 is 0.951 bits per heavy atom. The first-order valence-electron chi connectivity index (χ1n) is 21.3. The average Bonchev–Trinajstić information content (AvgIpc) is 3.95. The second-order valence-electron chi connectivity index (χ2n) is 17.5. The highest BCUT2D eigenvalue weighted by Gasteiger charge is 2.38. The number of carbonyl (C=O) groups is 4. The van der Waals surface area contributed by atoms with Crippen LogP contribution >= 0.6 is 12.4 Å². The van der Waals surface area contributed by atoms with Crippen LogP contribution < -0.4 is 9.88 Å². The minimum Gasteiger partial charge on any atom is -0.444 e. The lowest BCUT2D eigenvalue weighted by Gasteiger charge is -2.25. The molecule has 1 amide bonds. The van der Waals surface area contributed by atoms with E-state index in [4.69, 9.17) is 9.47 Å². The SMILES string of the molecule is CCC(CNC(=O)OC(C)(C)C)C(=O)OC[n+]1ccn(CC2CCc3c(c4ccccc4n3C)C2=O)c1C.Cc1nccn1CC1CCC2=C(C1=O)c1ccccc1C2C.Cl. The molecule has 5 aromatic rings. The molecular formula is C48H60ClN6O6+. The number of aromatic nitrogens is 5. The molecular weight excluding hydrogens is 792 g/mol. The topological polar surface area (TPSA) is 130 Å². The Labute approximate surface area is 364 Å². The first kappa shape index (κ1) is 45.0. The molecule has 0 bridgehead atoms. The number of rotatable bonds is 10. The second kappa shape index (κ2) is 18.6. The molecule has 3 aliphatic carbocycles. The zero-order valence-corrected chi connectivity index (χ0v) is 37.5. The Hall–Kier alpha value is -5.49. The quantitative estimate of drug-likeness (QED) is 0.111. The minimum absolute atomic E-state index is 0. The lowest BCUT2D eigenvalue weighted by molar-refractivity contribution is -0.732. The Morgan fingerprint density at radius 2 is 1.64 bits per heavy atom. The van der Waals surface area contributed by atoms with Crippen LogP contribution in [-0.2, 0) is 52.4 Å². The summed E-state index contributed by atoms with van der Waals surface area (Å²) in [5.41, 5.74) is 7.31. The lowest BCUT2D eigenvalue weighted by atomic mass is 9.81. The van der Waals surface area contributed by atoms with E-state index in [1.807, 2.05) is 79.8 Å². The van der Waals surface area contributed by atoms with Crippen molar-refractivity contribution in [3.05, 3.63) is 113 Å². The number of benzene rings is 2. The van der Waals surface area contributed by atoms with Crippen molar-refractivity contribution < 1.29 is 33.2 Å². The number of Topliss-reactive ketones (excluding diaryl/α,β-unsaturated/α-hetero) is 2. The third kappa shape index (κ3) is 9.39. The fourth-order valence-electron chi connectivity index (χ4n) is 9.09. The number of alkyl carbamates (subject to hydrolysis) is 1. The summed E-state index contributed by atoms with van der Waals surface area (Å²) in [7, 11) is 2.03. The molecule has 3 aliphatic rings. The molecule has 0 saturated heterocycles. The summed E-state index contributed by atoms with van der Waals surface area (Å²) in [4.78, 5) is 55.5. The van der Waals surface area contributed by atoms with Gasteiger partial charge in [0.1, 0.15) is 30.4 Å². The number of amides is 1. The Bertz CT molecular complexity index is 2470. The lowest BCUT2D eigenvalue weighted by Crippen LogP contribution is -2.41. The van der Waals surface area contributed by atoms with Gasteiger partial charge >= 0.3 is 12.1 Å². The number of nitrogens with zero attached hydrogens (tertiary/aromatic N) is 5. The molecule has 3 aromatic heterocycles. The molecule has 324 valence electrons. The van der Waals surface area contributed by atoms with Crippen molar-refractivity contribution in [2.75, 3.05) is 6.54 Å². The van der Waals surface area contributed by atoms with E-state index in [0.29, 0.717) is 24.7 Å². The van der Waals surface area contributed by atoms with Crippen molar-refractivity contribution in [1.82, 2.24) is 24.0 Å². The van der Waals surface area contributed by atoms with E-state index >= 15 is 0 Å². The molecule has 0 fully saturated rings. The molecule has 4 atom stereocenters. The number of para-hydroxylation sites is 1. The van der Waals surface area contributed by atoms with Crippen LogP contribution in [0.4, 0.5) is 4.79 Å². The monoisotopic (exact) mass is 851 g/mol. The summed E-state index contributed by atoms with van der Waals surface area (Å²) >= 11 is 0. The third-order valence-corrected chi connectivity index (χ3v) is 12.6. The standard InChI is InChI=1S/C29H38N4O5.C19H20N2O.ClH/c1-7-20(16-30-28(36)38-29(3,4)5)27(35)37-18-33-15-14-32(19(33)2)17-21-12-13-24-25(26(21)34)22-10-8-9-11-23(22)31(24)6;1-12-15-5-3-4-6-17(15)18-16(12)8-7-14(19(18)22)11-21-10-9-20-13(21)2;/h8-11,14-15,20-21H,7,12-13,16-18H2,1-6H3;3-6,9-10,12,14H,7-8,11H2,1-2H3;1H/p+1. The van der Waals surface area contributed by atoms with Crippen LogP contribution in [0.15, 0.2) is 78.9 Å². The number of carbonyl (C=O) groups excluding carboxylic acids is 4. The predicted octanol–water partition coefficient (Wildman–Crippen LogP) is 8.24. The number of aryl methyl sites for hydroxylation is 2. The highest BCUT2D eigenvalue weighted by molar-refractivity contribution is 6.25. The summed E-state index contributed by atoms with van der Waals surface area (Å²) in [6.45, 7) is 14.9. The van der Waals surface area contributed by atoms with Crippen LogP contribution in [0.1, 0.15) is 105 Å². The van der Waals surface area contributed by atoms with Gasteiger partial charge in [-0.25, -0.2) is 14.3 Å². The van der Waals surface area contributed by atoms with E-state index < -0.39 is 17.6 Å². The van der Waals surface area contributed by atoms with Crippen LogP contribution in [0.5, 0.6) is 0 Å². The fraction of sp³-hybridized carbons (Fsp3) is 0.458. The zero-order chi connectivity index (χ0) is 42.9. The molecule has 1 N–H and O–H groups in total. The smallest absolute Gasteiger partial charge is 0.407 e. The molecule has 0 radical (unpaired) electrons. The van der Waals surface area contributed by atoms with Gasteiger partial charge in [-0.05, 0) is 77.0 Å². The summed E-state index contributed by atoms with van der Waals surface area (Å²) < 4.78 is 18.9. The molecule has 0 aliphatic heterocycles. The van der Waals surface area contributed by atoms with Crippen LogP contribution in [-0.4, -0.2) is 54.5 Å². The van der Waals surface area contributed by atoms with E-state index in [-0.39, 0.29) is 49.3 Å².